The van der Waals surface area contributed by atoms with Crippen molar-refractivity contribution < 1.29 is 17.9 Å². The summed E-state index contributed by atoms with van der Waals surface area (Å²) in [5.41, 5.74) is -0.662. The van der Waals surface area contributed by atoms with Crippen LogP contribution in [0.1, 0.15) is 31.2 Å². The first-order valence-corrected chi connectivity index (χ1v) is 7.08. The molecule has 0 radical (unpaired) electrons. The van der Waals surface area contributed by atoms with Gasteiger partial charge in [-0.1, -0.05) is 18.9 Å². The van der Waals surface area contributed by atoms with E-state index in [-0.39, 0.29) is 5.75 Å². The molecule has 1 fully saturated rings. The van der Waals surface area contributed by atoms with Gasteiger partial charge >= 0.3 is 6.18 Å². The number of hydrogen-bond donors (Lipinski definition) is 0. The Morgan fingerprint density at radius 3 is 2.40 bits per heavy atom. The third kappa shape index (κ3) is 4.71. The van der Waals surface area contributed by atoms with Crippen LogP contribution in [0.5, 0.6) is 5.75 Å². The molecule has 0 N–H and O–H groups in total. The molecule has 0 saturated carbocycles. The molecule has 0 spiro atoms. The number of halogens is 3. The number of rotatable bonds is 4. The van der Waals surface area contributed by atoms with Gasteiger partial charge in [0.2, 0.25) is 0 Å². The van der Waals surface area contributed by atoms with Crippen LogP contribution >= 0.6 is 0 Å². The van der Waals surface area contributed by atoms with Crippen molar-refractivity contribution in [2.75, 3.05) is 26.2 Å². The minimum absolute atomic E-state index is 0.287. The van der Waals surface area contributed by atoms with Crippen LogP contribution in [0.4, 0.5) is 13.2 Å². The van der Waals surface area contributed by atoms with Crippen molar-refractivity contribution in [3.63, 3.8) is 0 Å². The van der Waals surface area contributed by atoms with Gasteiger partial charge in [-0.05, 0) is 44.1 Å². The van der Waals surface area contributed by atoms with E-state index < -0.39 is 11.7 Å². The average Bonchev–Trinajstić information content (AvgIpc) is 2.67. The van der Waals surface area contributed by atoms with Crippen LogP contribution in [0.2, 0.25) is 0 Å². The van der Waals surface area contributed by atoms with Crippen molar-refractivity contribution in [3.8, 4) is 5.75 Å². The average molecular weight is 287 g/mol. The lowest BCUT2D eigenvalue weighted by atomic mass is 10.2. The third-order valence-corrected chi connectivity index (χ3v) is 3.54. The lowest BCUT2D eigenvalue weighted by molar-refractivity contribution is -0.137. The second kappa shape index (κ2) is 6.97. The Hall–Kier alpha value is -1.23. The molecule has 1 aromatic rings. The van der Waals surface area contributed by atoms with E-state index >= 15 is 0 Å². The summed E-state index contributed by atoms with van der Waals surface area (Å²) >= 11 is 0. The molecule has 2 nitrogen and oxygen atoms in total. The molecule has 1 heterocycles. The summed E-state index contributed by atoms with van der Waals surface area (Å²) in [6, 6.07) is 5.06. The zero-order valence-electron chi connectivity index (χ0n) is 11.5. The topological polar surface area (TPSA) is 12.5 Å². The summed E-state index contributed by atoms with van der Waals surface area (Å²) in [6.45, 7) is 3.33. The highest BCUT2D eigenvalue weighted by Crippen LogP contribution is 2.31. The van der Waals surface area contributed by atoms with Gasteiger partial charge in [-0.3, -0.25) is 4.90 Å². The van der Waals surface area contributed by atoms with Crippen molar-refractivity contribution in [1.29, 1.82) is 0 Å². The predicted octanol–water partition coefficient (Wildman–Crippen LogP) is 3.96. The molecule has 0 aliphatic carbocycles. The third-order valence-electron chi connectivity index (χ3n) is 3.54. The number of benzene rings is 1. The number of hydrogen-bond acceptors (Lipinski definition) is 2. The Morgan fingerprint density at radius 1 is 1.05 bits per heavy atom. The van der Waals surface area contributed by atoms with Crippen molar-refractivity contribution in [1.82, 2.24) is 4.90 Å². The van der Waals surface area contributed by atoms with Gasteiger partial charge in [-0.2, -0.15) is 13.2 Å². The summed E-state index contributed by atoms with van der Waals surface area (Å²) < 4.78 is 43.1. The fourth-order valence-corrected chi connectivity index (χ4v) is 2.41. The van der Waals surface area contributed by atoms with E-state index in [0.29, 0.717) is 6.61 Å². The molecule has 112 valence electrons. The molecule has 20 heavy (non-hydrogen) atoms. The fourth-order valence-electron chi connectivity index (χ4n) is 2.41. The zero-order valence-corrected chi connectivity index (χ0v) is 11.5. The van der Waals surface area contributed by atoms with Gasteiger partial charge in [0.25, 0.3) is 0 Å². The second-order valence-corrected chi connectivity index (χ2v) is 5.13. The zero-order chi connectivity index (χ0) is 14.4. The highest BCUT2D eigenvalue weighted by molar-refractivity contribution is 5.30. The first-order chi connectivity index (χ1) is 9.55. The van der Waals surface area contributed by atoms with Gasteiger partial charge in [-0.15, -0.1) is 0 Å². The Morgan fingerprint density at radius 2 is 1.75 bits per heavy atom. The van der Waals surface area contributed by atoms with Crippen molar-refractivity contribution in [2.24, 2.45) is 0 Å². The SMILES string of the molecule is FC(F)(F)c1cccc(OCCN2CCCCCC2)c1. The van der Waals surface area contributed by atoms with Crippen molar-refractivity contribution in [3.05, 3.63) is 29.8 Å². The van der Waals surface area contributed by atoms with Gasteiger partial charge in [0.1, 0.15) is 12.4 Å². The Kier molecular flexibility index (Phi) is 5.29. The summed E-state index contributed by atoms with van der Waals surface area (Å²) in [7, 11) is 0. The molecule has 5 heteroatoms. The molecular formula is C15H20F3NO. The highest BCUT2D eigenvalue weighted by Gasteiger charge is 2.30. The number of nitrogens with zero attached hydrogens (tertiary/aromatic N) is 1. The maximum absolute atomic E-state index is 12.6. The van der Waals surface area contributed by atoms with Crippen molar-refractivity contribution in [2.45, 2.75) is 31.9 Å². The van der Waals surface area contributed by atoms with Crippen LogP contribution in [-0.4, -0.2) is 31.1 Å². The summed E-state index contributed by atoms with van der Waals surface area (Å²) in [4.78, 5) is 2.32. The van der Waals surface area contributed by atoms with Crippen LogP contribution in [0.15, 0.2) is 24.3 Å². The van der Waals surface area contributed by atoms with E-state index in [1.54, 1.807) is 6.07 Å². The molecule has 1 aliphatic rings. The second-order valence-electron chi connectivity index (χ2n) is 5.13. The molecule has 0 atom stereocenters. The standard InChI is InChI=1S/C15H20F3NO/c16-15(17,18)13-6-5-7-14(12-13)20-11-10-19-8-3-1-2-4-9-19/h5-7,12H,1-4,8-11H2. The normalized spacial score (nSPS) is 17.8. The minimum atomic E-state index is -4.32. The largest absolute Gasteiger partial charge is 0.492 e. The molecule has 1 aliphatic heterocycles. The van der Waals surface area contributed by atoms with Crippen LogP contribution in [-0.2, 0) is 6.18 Å². The lowest BCUT2D eigenvalue weighted by Crippen LogP contribution is -2.29. The van der Waals surface area contributed by atoms with Gasteiger partial charge in [0.15, 0.2) is 0 Å². The smallest absolute Gasteiger partial charge is 0.416 e. The van der Waals surface area contributed by atoms with E-state index in [4.69, 9.17) is 4.74 Å². The molecule has 2 rings (SSSR count). The van der Waals surface area contributed by atoms with E-state index in [2.05, 4.69) is 4.90 Å². The minimum Gasteiger partial charge on any atom is -0.492 e. The summed E-state index contributed by atoms with van der Waals surface area (Å²) in [5, 5.41) is 0. The first-order valence-electron chi connectivity index (χ1n) is 7.08. The summed E-state index contributed by atoms with van der Waals surface area (Å²) in [5.74, 6) is 0.287. The number of alkyl halides is 3. The Bertz CT molecular complexity index is 412. The van der Waals surface area contributed by atoms with E-state index in [1.165, 1.54) is 31.7 Å². The predicted molar refractivity (Wildman–Crippen MR) is 71.8 cm³/mol. The van der Waals surface area contributed by atoms with Crippen molar-refractivity contribution >= 4 is 0 Å². The molecule has 0 amide bonds. The molecule has 1 saturated heterocycles. The molecule has 0 bridgehead atoms. The quantitative estimate of drug-likeness (QED) is 0.831. The maximum atomic E-state index is 12.6. The molecular weight excluding hydrogens is 267 g/mol. The van der Waals surface area contributed by atoms with E-state index in [1.807, 2.05) is 0 Å². The van der Waals surface area contributed by atoms with Gasteiger partial charge in [0.05, 0.1) is 5.56 Å². The number of ether oxygens (including phenoxy) is 1. The Balaban J connectivity index is 1.81. The lowest BCUT2D eigenvalue weighted by Gasteiger charge is -2.19. The van der Waals surface area contributed by atoms with Crippen LogP contribution in [0.3, 0.4) is 0 Å². The molecule has 0 aromatic heterocycles. The van der Waals surface area contributed by atoms with E-state index in [0.717, 1.165) is 31.8 Å². The highest BCUT2D eigenvalue weighted by atomic mass is 19.4. The molecule has 1 aromatic carbocycles. The fraction of sp³-hybridized carbons (Fsp3) is 0.600. The van der Waals surface area contributed by atoms with Gasteiger partial charge in [0, 0.05) is 6.54 Å². The first kappa shape index (κ1) is 15.2. The monoisotopic (exact) mass is 287 g/mol. The van der Waals surface area contributed by atoms with Crippen LogP contribution in [0, 0.1) is 0 Å². The molecule has 0 unspecified atom stereocenters. The van der Waals surface area contributed by atoms with Gasteiger partial charge in [-0.25, -0.2) is 0 Å². The Labute approximate surface area is 117 Å². The maximum Gasteiger partial charge on any atom is 0.416 e. The van der Waals surface area contributed by atoms with Gasteiger partial charge < -0.3 is 4.74 Å². The van der Waals surface area contributed by atoms with Crippen LogP contribution < -0.4 is 4.74 Å². The summed E-state index contributed by atoms with van der Waals surface area (Å²) in [6.07, 6.45) is 0.618. The number of likely N-dealkylation sites (tertiary alicyclic amines) is 1. The van der Waals surface area contributed by atoms with Crippen LogP contribution in [0.25, 0.3) is 0 Å². The van der Waals surface area contributed by atoms with E-state index in [9.17, 15) is 13.2 Å².